The SMILES string of the molecule is Cc1csc(-c2cc(C(=O)NCc3cnn(C)c3C)nc(N)n2)n1. The number of aromatic nitrogens is 5. The van der Waals surface area contributed by atoms with E-state index in [9.17, 15) is 4.79 Å². The predicted molar refractivity (Wildman–Crippen MR) is 91.4 cm³/mol. The second-order valence-corrected chi connectivity index (χ2v) is 6.21. The normalized spacial score (nSPS) is 10.8. The molecule has 8 nitrogen and oxygen atoms in total. The maximum Gasteiger partial charge on any atom is 0.270 e. The van der Waals surface area contributed by atoms with Crippen LogP contribution in [0.1, 0.15) is 27.4 Å². The van der Waals surface area contributed by atoms with E-state index in [1.54, 1.807) is 16.9 Å². The third-order valence-corrected chi connectivity index (χ3v) is 4.57. The molecule has 0 saturated heterocycles. The molecule has 0 fully saturated rings. The molecule has 0 aliphatic heterocycles. The van der Waals surface area contributed by atoms with Gasteiger partial charge in [0.05, 0.1) is 6.20 Å². The first-order valence-electron chi connectivity index (χ1n) is 7.27. The van der Waals surface area contributed by atoms with Gasteiger partial charge in [-0.15, -0.1) is 11.3 Å². The number of carbonyl (C=O) groups excluding carboxylic acids is 1. The Morgan fingerprint density at radius 3 is 2.75 bits per heavy atom. The molecule has 0 spiro atoms. The molecule has 3 aromatic heterocycles. The van der Waals surface area contributed by atoms with Crippen LogP contribution in [0.3, 0.4) is 0 Å². The van der Waals surface area contributed by atoms with Crippen LogP contribution in [-0.2, 0) is 13.6 Å². The van der Waals surface area contributed by atoms with E-state index in [4.69, 9.17) is 5.73 Å². The number of nitrogens with two attached hydrogens (primary N) is 1. The number of amides is 1. The molecule has 1 amide bonds. The summed E-state index contributed by atoms with van der Waals surface area (Å²) in [5.74, 6) is -0.273. The molecule has 0 atom stereocenters. The van der Waals surface area contributed by atoms with Crippen molar-refractivity contribution in [3.05, 3.63) is 40.3 Å². The van der Waals surface area contributed by atoms with E-state index in [-0.39, 0.29) is 17.5 Å². The van der Waals surface area contributed by atoms with Gasteiger partial charge >= 0.3 is 0 Å². The highest BCUT2D eigenvalue weighted by atomic mass is 32.1. The third-order valence-electron chi connectivity index (χ3n) is 3.59. The molecule has 0 bridgehead atoms. The number of rotatable bonds is 4. The number of anilines is 1. The lowest BCUT2D eigenvalue weighted by molar-refractivity contribution is 0.0946. The van der Waals surface area contributed by atoms with Gasteiger partial charge in [-0.3, -0.25) is 9.48 Å². The lowest BCUT2D eigenvalue weighted by Gasteiger charge is -2.06. The zero-order valence-corrected chi connectivity index (χ0v) is 14.4. The molecule has 0 radical (unpaired) electrons. The van der Waals surface area contributed by atoms with Crippen molar-refractivity contribution >= 4 is 23.2 Å². The van der Waals surface area contributed by atoms with E-state index >= 15 is 0 Å². The molecule has 24 heavy (non-hydrogen) atoms. The van der Waals surface area contributed by atoms with Crippen molar-refractivity contribution in [2.45, 2.75) is 20.4 Å². The maximum absolute atomic E-state index is 12.4. The van der Waals surface area contributed by atoms with E-state index in [1.165, 1.54) is 11.3 Å². The third kappa shape index (κ3) is 3.25. The van der Waals surface area contributed by atoms with Crippen LogP contribution in [0.5, 0.6) is 0 Å². The number of carbonyl (C=O) groups is 1. The Kier molecular flexibility index (Phi) is 4.26. The summed E-state index contributed by atoms with van der Waals surface area (Å²) in [5, 5.41) is 9.60. The molecule has 9 heteroatoms. The van der Waals surface area contributed by atoms with Gasteiger partial charge in [0, 0.05) is 35.9 Å². The topological polar surface area (TPSA) is 112 Å². The van der Waals surface area contributed by atoms with Crippen LogP contribution in [0.25, 0.3) is 10.7 Å². The van der Waals surface area contributed by atoms with E-state index in [1.807, 2.05) is 26.3 Å². The minimum Gasteiger partial charge on any atom is -0.368 e. The highest BCUT2D eigenvalue weighted by Gasteiger charge is 2.14. The van der Waals surface area contributed by atoms with Crippen molar-refractivity contribution in [1.29, 1.82) is 0 Å². The van der Waals surface area contributed by atoms with Crippen LogP contribution in [0.2, 0.25) is 0 Å². The van der Waals surface area contributed by atoms with E-state index in [2.05, 4.69) is 25.4 Å². The second-order valence-electron chi connectivity index (χ2n) is 5.35. The minimum atomic E-state index is -0.318. The molecule has 3 rings (SSSR count). The van der Waals surface area contributed by atoms with Crippen molar-refractivity contribution in [2.75, 3.05) is 5.73 Å². The summed E-state index contributed by atoms with van der Waals surface area (Å²) in [6.07, 6.45) is 1.73. The summed E-state index contributed by atoms with van der Waals surface area (Å²) in [6.45, 7) is 4.21. The quantitative estimate of drug-likeness (QED) is 0.742. The molecule has 124 valence electrons. The van der Waals surface area contributed by atoms with Crippen LogP contribution in [0.4, 0.5) is 5.95 Å². The highest BCUT2D eigenvalue weighted by Crippen LogP contribution is 2.22. The Labute approximate surface area is 142 Å². The Morgan fingerprint density at radius 2 is 2.12 bits per heavy atom. The molecule has 3 heterocycles. The fraction of sp³-hybridized carbons (Fsp3) is 0.267. The summed E-state index contributed by atoms with van der Waals surface area (Å²) >= 11 is 1.45. The Bertz CT molecular complexity index is 899. The number of hydrogen-bond donors (Lipinski definition) is 2. The van der Waals surface area contributed by atoms with Crippen molar-refractivity contribution in [3.8, 4) is 10.7 Å². The van der Waals surface area contributed by atoms with Gasteiger partial charge < -0.3 is 11.1 Å². The van der Waals surface area contributed by atoms with Crippen molar-refractivity contribution in [1.82, 2.24) is 30.0 Å². The van der Waals surface area contributed by atoms with Crippen LogP contribution in [-0.4, -0.2) is 30.6 Å². The molecular weight excluding hydrogens is 326 g/mol. The Balaban J connectivity index is 1.79. The molecule has 0 aliphatic rings. The van der Waals surface area contributed by atoms with Gasteiger partial charge in [-0.1, -0.05) is 0 Å². The van der Waals surface area contributed by atoms with Crippen molar-refractivity contribution in [2.24, 2.45) is 7.05 Å². The fourth-order valence-electron chi connectivity index (χ4n) is 2.15. The minimum absolute atomic E-state index is 0.0445. The monoisotopic (exact) mass is 343 g/mol. The maximum atomic E-state index is 12.4. The van der Waals surface area contributed by atoms with Crippen molar-refractivity contribution in [3.63, 3.8) is 0 Å². The van der Waals surface area contributed by atoms with Gasteiger partial charge in [-0.2, -0.15) is 5.10 Å². The smallest absolute Gasteiger partial charge is 0.270 e. The lowest BCUT2D eigenvalue weighted by Crippen LogP contribution is -2.24. The summed E-state index contributed by atoms with van der Waals surface area (Å²) in [7, 11) is 1.86. The van der Waals surface area contributed by atoms with Crippen molar-refractivity contribution < 1.29 is 4.79 Å². The van der Waals surface area contributed by atoms with Crippen LogP contribution >= 0.6 is 11.3 Å². The number of hydrogen-bond acceptors (Lipinski definition) is 7. The van der Waals surface area contributed by atoms with Gasteiger partial charge in [-0.05, 0) is 19.9 Å². The van der Waals surface area contributed by atoms with E-state index in [0.29, 0.717) is 17.2 Å². The first kappa shape index (κ1) is 16.1. The average Bonchev–Trinajstić information content (AvgIpc) is 3.12. The van der Waals surface area contributed by atoms with E-state index in [0.717, 1.165) is 17.0 Å². The summed E-state index contributed by atoms with van der Waals surface area (Å²) in [4.78, 5) is 24.9. The molecule has 0 aromatic carbocycles. The number of nitrogen functional groups attached to an aromatic ring is 1. The lowest BCUT2D eigenvalue weighted by atomic mass is 10.2. The summed E-state index contributed by atoms with van der Waals surface area (Å²) < 4.78 is 1.76. The zero-order valence-electron chi connectivity index (χ0n) is 13.6. The van der Waals surface area contributed by atoms with Crippen LogP contribution in [0, 0.1) is 13.8 Å². The second kappa shape index (κ2) is 6.36. The first-order chi connectivity index (χ1) is 11.4. The highest BCUT2D eigenvalue weighted by molar-refractivity contribution is 7.13. The predicted octanol–water partition coefficient (Wildman–Crippen LogP) is 1.46. The number of thiazole rings is 1. The number of aryl methyl sites for hydroxylation is 2. The zero-order chi connectivity index (χ0) is 17.3. The molecule has 0 saturated carbocycles. The summed E-state index contributed by atoms with van der Waals surface area (Å²) in [6, 6.07) is 1.60. The van der Waals surface area contributed by atoms with Gasteiger partial charge in [-0.25, -0.2) is 15.0 Å². The standard InChI is InChI=1S/C15H17N7OS/c1-8-7-24-14(19-8)12-4-11(20-15(16)21-12)13(23)17-5-10-6-18-22(3)9(10)2/h4,6-7H,5H2,1-3H3,(H,17,23)(H2,16,20,21). The van der Waals surface area contributed by atoms with Crippen LogP contribution in [0.15, 0.2) is 17.6 Å². The molecule has 3 aromatic rings. The van der Waals surface area contributed by atoms with Gasteiger partial charge in [0.2, 0.25) is 5.95 Å². The van der Waals surface area contributed by atoms with Crippen LogP contribution < -0.4 is 11.1 Å². The van der Waals surface area contributed by atoms with Gasteiger partial charge in [0.15, 0.2) is 0 Å². The number of nitrogens with one attached hydrogen (secondary N) is 1. The molecule has 3 N–H and O–H groups in total. The molecule has 0 aliphatic carbocycles. The largest absolute Gasteiger partial charge is 0.368 e. The Hall–Kier alpha value is -2.81. The average molecular weight is 343 g/mol. The Morgan fingerprint density at radius 1 is 1.33 bits per heavy atom. The first-order valence-corrected chi connectivity index (χ1v) is 8.14. The van der Waals surface area contributed by atoms with E-state index < -0.39 is 0 Å². The molecule has 0 unspecified atom stereocenters. The van der Waals surface area contributed by atoms with Gasteiger partial charge in [0.25, 0.3) is 5.91 Å². The number of nitrogens with zero attached hydrogens (tertiary/aromatic N) is 5. The summed E-state index contributed by atoms with van der Waals surface area (Å²) in [5.41, 5.74) is 9.34. The molecular formula is C15H17N7OS. The fourth-order valence-corrected chi connectivity index (χ4v) is 2.90. The van der Waals surface area contributed by atoms with Gasteiger partial charge in [0.1, 0.15) is 16.4 Å².